The molecule has 0 spiro atoms. The highest BCUT2D eigenvalue weighted by Gasteiger charge is 2.49. The van der Waals surface area contributed by atoms with Crippen molar-refractivity contribution in [2.75, 3.05) is 25.6 Å². The molecule has 3 aromatic rings. The number of aromatic nitrogens is 4. The van der Waals surface area contributed by atoms with Gasteiger partial charge in [-0.15, -0.1) is 4.52 Å². The van der Waals surface area contributed by atoms with E-state index in [1.165, 1.54) is 17.8 Å². The van der Waals surface area contributed by atoms with Crippen LogP contribution in [0.5, 0.6) is 11.6 Å². The smallest absolute Gasteiger partial charge is 0.476 e. The highest BCUT2D eigenvalue weighted by atomic mass is 31.1. The van der Waals surface area contributed by atoms with Crippen molar-refractivity contribution in [1.29, 1.82) is 0 Å². The zero-order chi connectivity index (χ0) is 24.9. The molecule has 0 radical (unpaired) electrons. The van der Waals surface area contributed by atoms with Gasteiger partial charge in [0.25, 0.3) is 0 Å². The number of fused-ring (bicyclic) bond motifs is 1. The summed E-state index contributed by atoms with van der Waals surface area (Å²) >= 11 is 0. The Kier molecular flexibility index (Phi) is 7.69. The van der Waals surface area contributed by atoms with Gasteiger partial charge in [0.1, 0.15) is 6.61 Å². The predicted octanol–water partition coefficient (Wildman–Crippen LogP) is 2.98. The summed E-state index contributed by atoms with van der Waals surface area (Å²) in [5, 5.41) is 0. The molecule has 186 valence electrons. The number of hydrogen-bond donors (Lipinski definition) is 1. The SMILES string of the molecule is CCOc1nc(N)nc2c1ncn2[C@@H]1O[C@H](CO[P+](=O)Oc2ccccc2)[C@@H](CF)[C@H]1OC(C)=O. The standard InChI is InChI=1S/C21H24FN5O7P/c1-3-30-19-16-18(25-21(23)26-19)27(11-24-16)20-17(32-12(2)28)14(9-22)15(33-20)10-31-35(29)34-13-7-5-4-6-8-13/h4-8,11,14-15,17,20H,3,9-10H2,1-2H3,(H2,23,25,26)/q+1/t14-,15-,17-,20-/m1/s1. The molecule has 1 fully saturated rings. The van der Waals surface area contributed by atoms with Crippen molar-refractivity contribution in [3.63, 3.8) is 0 Å². The van der Waals surface area contributed by atoms with Gasteiger partial charge in [-0.2, -0.15) is 9.97 Å². The Morgan fingerprint density at radius 2 is 2.06 bits per heavy atom. The molecule has 1 aromatic carbocycles. The Bertz CT molecular complexity index is 1200. The number of anilines is 1. The Morgan fingerprint density at radius 1 is 1.29 bits per heavy atom. The van der Waals surface area contributed by atoms with Crippen LogP contribution in [0.15, 0.2) is 36.7 Å². The average Bonchev–Trinajstić information content (AvgIpc) is 3.39. The van der Waals surface area contributed by atoms with Crippen LogP contribution in [0.4, 0.5) is 10.3 Å². The minimum atomic E-state index is -2.56. The number of alkyl halides is 1. The number of carbonyl (C=O) groups is 1. The molecule has 2 N–H and O–H groups in total. The Labute approximate surface area is 200 Å². The van der Waals surface area contributed by atoms with Crippen molar-refractivity contribution < 1.29 is 37.0 Å². The van der Waals surface area contributed by atoms with E-state index in [0.29, 0.717) is 17.9 Å². The summed E-state index contributed by atoms with van der Waals surface area (Å²) in [5.74, 6) is -1.09. The molecule has 14 heteroatoms. The molecule has 0 bridgehead atoms. The Morgan fingerprint density at radius 3 is 2.74 bits per heavy atom. The Hall–Kier alpha value is -3.41. The van der Waals surface area contributed by atoms with Crippen LogP contribution in [0.3, 0.4) is 0 Å². The first-order valence-corrected chi connectivity index (χ1v) is 11.9. The van der Waals surface area contributed by atoms with Crippen molar-refractivity contribution in [2.24, 2.45) is 5.92 Å². The highest BCUT2D eigenvalue weighted by Crippen LogP contribution is 2.40. The fourth-order valence-corrected chi connectivity index (χ4v) is 4.37. The van der Waals surface area contributed by atoms with E-state index in [9.17, 15) is 13.8 Å². The first-order valence-electron chi connectivity index (χ1n) is 10.8. The number of nitrogens with zero attached hydrogens (tertiary/aromatic N) is 4. The molecule has 0 saturated carbocycles. The molecule has 35 heavy (non-hydrogen) atoms. The predicted molar refractivity (Wildman–Crippen MR) is 120 cm³/mol. The first kappa shape index (κ1) is 24.7. The van der Waals surface area contributed by atoms with Gasteiger partial charge in [0.05, 0.1) is 31.6 Å². The maximum atomic E-state index is 14.2. The van der Waals surface area contributed by atoms with E-state index >= 15 is 0 Å². The van der Waals surface area contributed by atoms with Crippen molar-refractivity contribution in [3.05, 3.63) is 36.7 Å². The van der Waals surface area contributed by atoms with E-state index in [1.54, 1.807) is 37.3 Å². The number of nitrogen functional groups attached to an aromatic ring is 1. The Balaban J connectivity index is 1.58. The van der Waals surface area contributed by atoms with E-state index in [1.807, 2.05) is 0 Å². The number of halogens is 1. The van der Waals surface area contributed by atoms with Crippen LogP contribution in [0.25, 0.3) is 11.2 Å². The zero-order valence-electron chi connectivity index (χ0n) is 18.9. The number of nitrogens with two attached hydrogens (primary N) is 1. The van der Waals surface area contributed by atoms with Gasteiger partial charge in [-0.1, -0.05) is 18.2 Å². The summed E-state index contributed by atoms with van der Waals surface area (Å²) in [6.45, 7) is 2.13. The van der Waals surface area contributed by atoms with Crippen molar-refractivity contribution >= 4 is 31.3 Å². The fraction of sp³-hybridized carbons (Fsp3) is 0.429. The number of esters is 1. The van der Waals surface area contributed by atoms with Crippen molar-refractivity contribution in [1.82, 2.24) is 19.5 Å². The lowest BCUT2D eigenvalue weighted by atomic mass is 10.00. The fourth-order valence-electron chi connectivity index (χ4n) is 3.75. The normalized spacial score (nSPS) is 22.2. The minimum Gasteiger partial charge on any atom is -0.476 e. The number of ether oxygens (including phenoxy) is 3. The molecule has 3 heterocycles. The molecule has 12 nitrogen and oxygen atoms in total. The highest BCUT2D eigenvalue weighted by molar-refractivity contribution is 7.33. The average molecular weight is 508 g/mol. The van der Waals surface area contributed by atoms with Crippen molar-refractivity contribution in [2.45, 2.75) is 32.3 Å². The largest absolute Gasteiger partial charge is 0.750 e. The summed E-state index contributed by atoms with van der Waals surface area (Å²) in [6, 6.07) is 8.45. The number of imidazole rings is 1. The van der Waals surface area contributed by atoms with Crippen LogP contribution >= 0.6 is 8.25 Å². The molecule has 1 aliphatic rings. The lowest BCUT2D eigenvalue weighted by Gasteiger charge is -2.22. The van der Waals surface area contributed by atoms with Gasteiger partial charge < -0.3 is 19.9 Å². The number of para-hydroxylation sites is 1. The monoisotopic (exact) mass is 508 g/mol. The second kappa shape index (κ2) is 10.9. The number of benzene rings is 1. The molecule has 1 aliphatic heterocycles. The van der Waals surface area contributed by atoms with Crippen LogP contribution < -0.4 is 15.0 Å². The molecular formula is C21H24FN5O7P+. The summed E-state index contributed by atoms with van der Waals surface area (Å²) in [6.07, 6.45) is -1.60. The van der Waals surface area contributed by atoms with E-state index in [-0.39, 0.29) is 24.1 Å². The third-order valence-electron chi connectivity index (χ3n) is 5.20. The molecule has 5 atom stereocenters. The van der Waals surface area contributed by atoms with Gasteiger partial charge in [-0.05, 0) is 19.1 Å². The molecule has 2 aromatic heterocycles. The van der Waals surface area contributed by atoms with Gasteiger partial charge in [0.2, 0.25) is 11.8 Å². The van der Waals surface area contributed by atoms with Gasteiger partial charge in [-0.3, -0.25) is 13.8 Å². The molecular weight excluding hydrogens is 484 g/mol. The van der Waals surface area contributed by atoms with Crippen LogP contribution in [-0.4, -0.2) is 57.6 Å². The van der Waals surface area contributed by atoms with Crippen LogP contribution in [0, 0.1) is 5.92 Å². The molecule has 4 rings (SSSR count). The van der Waals surface area contributed by atoms with Gasteiger partial charge in [0, 0.05) is 11.5 Å². The first-order chi connectivity index (χ1) is 16.9. The van der Waals surface area contributed by atoms with Gasteiger partial charge in [-0.25, -0.2) is 9.51 Å². The van der Waals surface area contributed by atoms with Crippen LogP contribution in [-0.2, 0) is 23.4 Å². The quantitative estimate of drug-likeness (QED) is 0.318. The summed E-state index contributed by atoms with van der Waals surface area (Å²) in [5.41, 5.74) is 6.38. The van der Waals surface area contributed by atoms with Gasteiger partial charge >= 0.3 is 14.2 Å². The third kappa shape index (κ3) is 5.47. The van der Waals surface area contributed by atoms with E-state index in [0.717, 1.165) is 0 Å². The van der Waals surface area contributed by atoms with Crippen molar-refractivity contribution in [3.8, 4) is 11.6 Å². The lowest BCUT2D eigenvalue weighted by Crippen LogP contribution is -2.33. The van der Waals surface area contributed by atoms with Crippen LogP contribution in [0.2, 0.25) is 0 Å². The van der Waals surface area contributed by atoms with E-state index < -0.39 is 45.3 Å². The number of carbonyl (C=O) groups excluding carboxylic acids is 1. The maximum absolute atomic E-state index is 14.2. The molecule has 1 unspecified atom stereocenters. The zero-order valence-corrected chi connectivity index (χ0v) is 19.8. The number of hydrogen-bond acceptors (Lipinski definition) is 11. The summed E-state index contributed by atoms with van der Waals surface area (Å²) in [7, 11) is -2.56. The van der Waals surface area contributed by atoms with E-state index in [2.05, 4.69) is 15.0 Å². The maximum Gasteiger partial charge on any atom is 0.750 e. The number of rotatable bonds is 10. The molecule has 1 saturated heterocycles. The van der Waals surface area contributed by atoms with E-state index in [4.69, 9.17) is 29.0 Å². The van der Waals surface area contributed by atoms with Gasteiger partial charge in [0.15, 0.2) is 29.2 Å². The summed E-state index contributed by atoms with van der Waals surface area (Å²) < 4.78 is 55.3. The topological polar surface area (TPSA) is 150 Å². The second-order valence-corrected chi connectivity index (χ2v) is 8.41. The summed E-state index contributed by atoms with van der Waals surface area (Å²) in [4.78, 5) is 24.4. The second-order valence-electron chi connectivity index (χ2n) is 7.53. The third-order valence-corrected chi connectivity index (χ3v) is 5.92. The minimum absolute atomic E-state index is 0.0679. The van der Waals surface area contributed by atoms with Crippen LogP contribution in [0.1, 0.15) is 20.1 Å². The molecule has 0 aliphatic carbocycles. The lowest BCUT2D eigenvalue weighted by molar-refractivity contribution is -0.153. The molecule has 0 amide bonds.